The number of carbonyl (C=O) groups excluding carboxylic acids is 1. The maximum absolute atomic E-state index is 12.1. The Labute approximate surface area is 145 Å². The molecule has 1 saturated heterocycles. The fourth-order valence-electron chi connectivity index (χ4n) is 2.66. The molecule has 6 heteroatoms. The number of halogens is 2. The molecule has 0 bridgehead atoms. The average molecular weight is 348 g/mol. The summed E-state index contributed by atoms with van der Waals surface area (Å²) in [4.78, 5) is 16.3. The third-order valence-corrected chi connectivity index (χ3v) is 4.27. The number of hydrogen-bond donors (Lipinski definition) is 1. The van der Waals surface area contributed by atoms with Crippen LogP contribution < -0.4 is 10.6 Å². The van der Waals surface area contributed by atoms with Gasteiger partial charge < -0.3 is 15.5 Å². The summed E-state index contributed by atoms with van der Waals surface area (Å²) in [5, 5.41) is 0. The van der Waals surface area contributed by atoms with Crippen molar-refractivity contribution < 1.29 is 4.79 Å². The van der Waals surface area contributed by atoms with Gasteiger partial charge in [-0.25, -0.2) is 0 Å². The van der Waals surface area contributed by atoms with Crippen molar-refractivity contribution in [2.75, 3.05) is 31.1 Å². The van der Waals surface area contributed by atoms with E-state index in [0.717, 1.165) is 26.2 Å². The molecule has 0 unspecified atom stereocenters. The highest BCUT2D eigenvalue weighted by Crippen LogP contribution is 2.23. The molecule has 0 saturated carbocycles. The van der Waals surface area contributed by atoms with Crippen molar-refractivity contribution in [3.05, 3.63) is 29.3 Å². The van der Waals surface area contributed by atoms with Crippen molar-refractivity contribution in [2.45, 2.75) is 33.2 Å². The van der Waals surface area contributed by atoms with E-state index in [0.29, 0.717) is 6.42 Å². The van der Waals surface area contributed by atoms with Crippen molar-refractivity contribution in [1.29, 1.82) is 0 Å². The van der Waals surface area contributed by atoms with Gasteiger partial charge in [0, 0.05) is 31.9 Å². The standard InChI is InChI=1S/C16H25N3O.2ClH/c1-4-14(17)16(20)19-10-8-18(9-11-19)15-7-5-6-12(2)13(15)3;;/h5-7,14H,4,8-11,17H2,1-3H3;2*1H/t14-;;/m0../s1. The minimum absolute atomic E-state index is 0. The predicted molar refractivity (Wildman–Crippen MR) is 97.5 cm³/mol. The summed E-state index contributed by atoms with van der Waals surface area (Å²) < 4.78 is 0. The van der Waals surface area contributed by atoms with E-state index in [1.54, 1.807) is 0 Å². The second kappa shape index (κ2) is 9.23. The quantitative estimate of drug-likeness (QED) is 0.913. The molecule has 1 aliphatic heterocycles. The van der Waals surface area contributed by atoms with E-state index in [2.05, 4.69) is 36.9 Å². The molecular weight excluding hydrogens is 321 g/mol. The summed E-state index contributed by atoms with van der Waals surface area (Å²) >= 11 is 0. The number of benzene rings is 1. The van der Waals surface area contributed by atoms with Gasteiger partial charge in [0.25, 0.3) is 0 Å². The SMILES string of the molecule is CC[C@H](N)C(=O)N1CCN(c2cccc(C)c2C)CC1.Cl.Cl. The Morgan fingerprint density at radius 3 is 2.32 bits per heavy atom. The molecule has 1 aliphatic rings. The van der Waals surface area contributed by atoms with Crippen molar-refractivity contribution in [1.82, 2.24) is 4.90 Å². The first-order valence-electron chi connectivity index (χ1n) is 7.40. The highest BCUT2D eigenvalue weighted by Gasteiger charge is 2.24. The summed E-state index contributed by atoms with van der Waals surface area (Å²) in [6, 6.07) is 6.06. The van der Waals surface area contributed by atoms with Crippen LogP contribution in [0, 0.1) is 13.8 Å². The van der Waals surface area contributed by atoms with Gasteiger partial charge in [0.2, 0.25) is 5.91 Å². The van der Waals surface area contributed by atoms with Gasteiger partial charge in [0.1, 0.15) is 0 Å². The van der Waals surface area contributed by atoms with Crippen LogP contribution in [-0.4, -0.2) is 43.0 Å². The van der Waals surface area contributed by atoms with Crippen molar-refractivity contribution in [3.63, 3.8) is 0 Å². The third-order valence-electron chi connectivity index (χ3n) is 4.27. The molecule has 22 heavy (non-hydrogen) atoms. The Morgan fingerprint density at radius 2 is 1.77 bits per heavy atom. The number of rotatable bonds is 3. The molecular formula is C16H27Cl2N3O. The second-order valence-electron chi connectivity index (χ2n) is 5.55. The molecule has 0 spiro atoms. The Balaban J connectivity index is 0.00000220. The molecule has 1 heterocycles. The lowest BCUT2D eigenvalue weighted by atomic mass is 10.1. The lowest BCUT2D eigenvalue weighted by Gasteiger charge is -2.37. The third kappa shape index (κ3) is 4.51. The number of aryl methyl sites for hydroxylation is 1. The number of hydrogen-bond acceptors (Lipinski definition) is 3. The maximum atomic E-state index is 12.1. The van der Waals surface area contributed by atoms with E-state index in [-0.39, 0.29) is 36.8 Å². The minimum Gasteiger partial charge on any atom is -0.368 e. The number of piperazine rings is 1. The minimum atomic E-state index is -0.345. The van der Waals surface area contributed by atoms with Crippen LogP contribution in [-0.2, 0) is 4.79 Å². The molecule has 126 valence electrons. The van der Waals surface area contributed by atoms with Gasteiger partial charge in [0.15, 0.2) is 0 Å². The monoisotopic (exact) mass is 347 g/mol. The number of nitrogens with zero attached hydrogens (tertiary/aromatic N) is 2. The predicted octanol–water partition coefficient (Wildman–Crippen LogP) is 2.53. The molecule has 2 rings (SSSR count). The van der Waals surface area contributed by atoms with Crippen LogP contribution in [0.2, 0.25) is 0 Å². The Hall–Kier alpha value is -0.970. The largest absolute Gasteiger partial charge is 0.368 e. The van der Waals surface area contributed by atoms with Gasteiger partial charge in [-0.3, -0.25) is 4.79 Å². The van der Waals surface area contributed by atoms with Crippen LogP contribution in [0.4, 0.5) is 5.69 Å². The molecule has 1 aromatic rings. The Bertz CT molecular complexity index is 488. The van der Waals surface area contributed by atoms with E-state index < -0.39 is 0 Å². The summed E-state index contributed by atoms with van der Waals surface area (Å²) in [6.07, 6.45) is 0.704. The zero-order valence-electron chi connectivity index (χ0n) is 13.5. The highest BCUT2D eigenvalue weighted by atomic mass is 35.5. The van der Waals surface area contributed by atoms with Crippen LogP contribution >= 0.6 is 24.8 Å². The normalized spacial score (nSPS) is 15.6. The highest BCUT2D eigenvalue weighted by molar-refractivity contribution is 5.85. The number of anilines is 1. The first-order valence-corrected chi connectivity index (χ1v) is 7.40. The fourth-order valence-corrected chi connectivity index (χ4v) is 2.66. The Kier molecular flexibility index (Phi) is 8.83. The second-order valence-corrected chi connectivity index (χ2v) is 5.55. The molecule has 4 nitrogen and oxygen atoms in total. The van der Waals surface area contributed by atoms with Gasteiger partial charge in [-0.05, 0) is 37.5 Å². The van der Waals surface area contributed by atoms with Crippen molar-refractivity contribution in [3.8, 4) is 0 Å². The van der Waals surface area contributed by atoms with Gasteiger partial charge in [-0.15, -0.1) is 24.8 Å². The van der Waals surface area contributed by atoms with Crippen LogP contribution in [0.5, 0.6) is 0 Å². The van der Waals surface area contributed by atoms with Gasteiger partial charge in [-0.2, -0.15) is 0 Å². The van der Waals surface area contributed by atoms with Crippen LogP contribution in [0.15, 0.2) is 18.2 Å². The first-order chi connectivity index (χ1) is 9.54. The van der Waals surface area contributed by atoms with Gasteiger partial charge in [-0.1, -0.05) is 19.1 Å². The lowest BCUT2D eigenvalue weighted by molar-refractivity contribution is -0.132. The number of nitrogens with two attached hydrogens (primary N) is 1. The zero-order valence-corrected chi connectivity index (χ0v) is 15.2. The van der Waals surface area contributed by atoms with Gasteiger partial charge in [0.05, 0.1) is 6.04 Å². The topological polar surface area (TPSA) is 49.6 Å². The lowest BCUT2D eigenvalue weighted by Crippen LogP contribution is -2.53. The summed E-state index contributed by atoms with van der Waals surface area (Å²) in [6.45, 7) is 9.54. The summed E-state index contributed by atoms with van der Waals surface area (Å²) in [5.41, 5.74) is 9.77. The van der Waals surface area contributed by atoms with E-state index in [9.17, 15) is 4.79 Å². The molecule has 0 aliphatic carbocycles. The van der Waals surface area contributed by atoms with Crippen molar-refractivity contribution in [2.24, 2.45) is 5.73 Å². The summed E-state index contributed by atoms with van der Waals surface area (Å²) in [7, 11) is 0. The fraction of sp³-hybridized carbons (Fsp3) is 0.562. The van der Waals surface area contributed by atoms with E-state index in [1.165, 1.54) is 16.8 Å². The maximum Gasteiger partial charge on any atom is 0.239 e. The van der Waals surface area contributed by atoms with Crippen LogP contribution in [0.1, 0.15) is 24.5 Å². The van der Waals surface area contributed by atoms with E-state index in [4.69, 9.17) is 5.73 Å². The van der Waals surface area contributed by atoms with Crippen LogP contribution in [0.3, 0.4) is 0 Å². The zero-order chi connectivity index (χ0) is 14.7. The molecule has 0 radical (unpaired) electrons. The molecule has 2 N–H and O–H groups in total. The van der Waals surface area contributed by atoms with Gasteiger partial charge >= 0.3 is 0 Å². The molecule has 1 aromatic carbocycles. The van der Waals surface area contributed by atoms with Crippen molar-refractivity contribution >= 4 is 36.4 Å². The smallest absolute Gasteiger partial charge is 0.239 e. The van der Waals surface area contributed by atoms with E-state index >= 15 is 0 Å². The number of amides is 1. The average Bonchev–Trinajstić information content (AvgIpc) is 2.48. The van der Waals surface area contributed by atoms with Crippen LogP contribution in [0.25, 0.3) is 0 Å². The molecule has 1 atom stereocenters. The molecule has 0 aromatic heterocycles. The van der Waals surface area contributed by atoms with E-state index in [1.807, 2.05) is 11.8 Å². The Morgan fingerprint density at radius 1 is 1.18 bits per heavy atom. The summed E-state index contributed by atoms with van der Waals surface area (Å²) in [5.74, 6) is 0.0908. The number of carbonyl (C=O) groups is 1. The first kappa shape index (κ1) is 21.0. The molecule has 1 amide bonds. The molecule has 1 fully saturated rings.